The lowest BCUT2D eigenvalue weighted by Crippen LogP contribution is -2.76. The van der Waals surface area contributed by atoms with E-state index in [4.69, 9.17) is 0 Å². The first-order chi connectivity index (χ1) is 4.90. The molecule has 4 heterocycles. The quantitative estimate of drug-likeness (QED) is 0.514. The van der Waals surface area contributed by atoms with Crippen LogP contribution >= 0.6 is 12.4 Å². The van der Waals surface area contributed by atoms with Gasteiger partial charge >= 0.3 is 0 Å². The zero-order chi connectivity index (χ0) is 6.55. The minimum absolute atomic E-state index is 0. The molecule has 0 aromatic carbocycles. The number of nitrogens with zero attached hydrogens (tertiary/aromatic N) is 2. The Hall–Kier alpha value is 0.130. The summed E-state index contributed by atoms with van der Waals surface area (Å²) in [5.41, 5.74) is 6.66. The highest BCUT2D eigenvalue weighted by Gasteiger charge is 2.39. The number of hydrogen-bond acceptors (Lipinski definition) is 4. The second-order valence-electron chi connectivity index (χ2n) is 3.54. The Morgan fingerprint density at radius 1 is 1.18 bits per heavy atom. The van der Waals surface area contributed by atoms with Gasteiger partial charge in [-0.25, -0.2) is 10.4 Å². The molecule has 4 aliphatic rings. The van der Waals surface area contributed by atoms with Gasteiger partial charge in [-0.2, -0.15) is 10.7 Å². The smallest absolute Gasteiger partial charge is 0.0374 e. The van der Waals surface area contributed by atoms with Crippen LogP contribution in [-0.4, -0.2) is 35.8 Å². The first-order valence-electron chi connectivity index (χ1n) is 3.95. The van der Waals surface area contributed by atoms with Crippen LogP contribution in [-0.2, 0) is 0 Å². The van der Waals surface area contributed by atoms with Crippen molar-refractivity contribution in [3.8, 4) is 0 Å². The van der Waals surface area contributed by atoms with Gasteiger partial charge in [0.05, 0.1) is 0 Å². The van der Waals surface area contributed by atoms with Gasteiger partial charge in [0.1, 0.15) is 0 Å². The lowest BCUT2D eigenvalue weighted by Gasteiger charge is -2.53. The molecule has 0 spiro atoms. The van der Waals surface area contributed by atoms with Crippen LogP contribution in [0.25, 0.3) is 0 Å². The molecule has 4 saturated heterocycles. The first kappa shape index (κ1) is 7.76. The summed E-state index contributed by atoms with van der Waals surface area (Å²) in [6.45, 7) is 3.59. The maximum atomic E-state index is 3.39. The van der Waals surface area contributed by atoms with E-state index in [-0.39, 0.29) is 12.4 Å². The number of piperidine rings is 1. The van der Waals surface area contributed by atoms with Crippen LogP contribution in [0.3, 0.4) is 0 Å². The van der Waals surface area contributed by atoms with E-state index in [1.54, 1.807) is 0 Å². The van der Waals surface area contributed by atoms with E-state index in [0.29, 0.717) is 6.04 Å². The van der Waals surface area contributed by atoms with Crippen LogP contribution in [0, 0.1) is 5.92 Å². The topological polar surface area (TPSA) is 30.5 Å². The fraction of sp³-hybridized carbons (Fsp3) is 1.00. The average Bonchev–Trinajstić information content (AvgIpc) is 1.82. The molecule has 0 amide bonds. The van der Waals surface area contributed by atoms with Gasteiger partial charge in [0.25, 0.3) is 0 Å². The SMILES string of the molecule is C1C2CN3CC1NN(C2)N3.Cl. The highest BCUT2D eigenvalue weighted by molar-refractivity contribution is 5.85. The van der Waals surface area contributed by atoms with Gasteiger partial charge in [0.15, 0.2) is 0 Å². The summed E-state index contributed by atoms with van der Waals surface area (Å²) in [4.78, 5) is 0. The number of hydrazine groups is 3. The second kappa shape index (κ2) is 2.57. The molecule has 2 N–H and O–H groups in total. The molecular formula is C6H13ClN4. The fourth-order valence-electron chi connectivity index (χ4n) is 2.28. The third kappa shape index (κ3) is 1.15. The van der Waals surface area contributed by atoms with E-state index in [1.807, 2.05) is 0 Å². The number of halogens is 1. The van der Waals surface area contributed by atoms with E-state index >= 15 is 0 Å². The molecule has 0 aromatic heterocycles. The van der Waals surface area contributed by atoms with Crippen molar-refractivity contribution in [3.05, 3.63) is 0 Å². The minimum atomic E-state index is 0. The van der Waals surface area contributed by atoms with Gasteiger partial charge < -0.3 is 0 Å². The number of rotatable bonds is 0. The molecule has 4 atom stereocenters. The summed E-state index contributed by atoms with van der Waals surface area (Å²) in [5, 5.41) is 4.42. The van der Waals surface area contributed by atoms with Crippen molar-refractivity contribution in [2.45, 2.75) is 12.5 Å². The predicted molar refractivity (Wildman–Crippen MR) is 43.7 cm³/mol. The molecule has 64 valence electrons. The second-order valence-corrected chi connectivity index (χ2v) is 3.54. The molecule has 0 aromatic rings. The van der Waals surface area contributed by atoms with Gasteiger partial charge in [0.2, 0.25) is 0 Å². The largest absolute Gasteiger partial charge is 0.236 e. The van der Waals surface area contributed by atoms with Crippen molar-refractivity contribution in [1.82, 2.24) is 21.1 Å². The van der Waals surface area contributed by atoms with Crippen molar-refractivity contribution >= 4 is 12.4 Å². The van der Waals surface area contributed by atoms with Gasteiger partial charge in [-0.15, -0.1) is 12.4 Å². The molecular weight excluding hydrogens is 164 g/mol. The normalized spacial score (nSPS) is 52.4. The van der Waals surface area contributed by atoms with Gasteiger partial charge in [-0.3, -0.25) is 0 Å². The standard InChI is InChI=1S/C6H12N4.ClH/c1-5-2-9-4-6(1)7-10(3-5)8-9;/h5-8H,1-4H2;1H. The highest BCUT2D eigenvalue weighted by atomic mass is 35.5. The Balaban J connectivity index is 0.000000480. The van der Waals surface area contributed by atoms with Gasteiger partial charge in [-0.1, -0.05) is 0 Å². The van der Waals surface area contributed by atoms with E-state index in [2.05, 4.69) is 21.1 Å². The molecule has 4 nitrogen and oxygen atoms in total. The molecule has 0 radical (unpaired) electrons. The summed E-state index contributed by atoms with van der Waals surface area (Å²) in [7, 11) is 0. The van der Waals surface area contributed by atoms with Crippen molar-refractivity contribution in [3.63, 3.8) is 0 Å². The minimum Gasteiger partial charge on any atom is -0.236 e. The highest BCUT2D eigenvalue weighted by Crippen LogP contribution is 2.24. The predicted octanol–water partition coefficient (Wildman–Crippen LogP) is -0.648. The Bertz CT molecular complexity index is 106. The molecule has 4 bridgehead atoms. The van der Waals surface area contributed by atoms with Crippen molar-refractivity contribution in [1.29, 1.82) is 0 Å². The summed E-state index contributed by atoms with van der Waals surface area (Å²) < 4.78 is 0. The van der Waals surface area contributed by atoms with Crippen LogP contribution in [0.15, 0.2) is 0 Å². The molecule has 4 unspecified atom stereocenters. The summed E-state index contributed by atoms with van der Waals surface area (Å²) >= 11 is 0. The lowest BCUT2D eigenvalue weighted by molar-refractivity contribution is -0.164. The fourth-order valence-corrected chi connectivity index (χ4v) is 2.28. The van der Waals surface area contributed by atoms with E-state index in [1.165, 1.54) is 26.1 Å². The average molecular weight is 177 g/mol. The van der Waals surface area contributed by atoms with Crippen LogP contribution in [0.1, 0.15) is 6.42 Å². The maximum absolute atomic E-state index is 3.39. The van der Waals surface area contributed by atoms with Gasteiger partial charge in [-0.05, 0) is 12.3 Å². The van der Waals surface area contributed by atoms with E-state index in [9.17, 15) is 0 Å². The molecule has 4 fully saturated rings. The maximum Gasteiger partial charge on any atom is 0.0374 e. The zero-order valence-electron chi connectivity index (χ0n) is 6.29. The molecule has 11 heavy (non-hydrogen) atoms. The summed E-state index contributed by atoms with van der Waals surface area (Å²) in [6.07, 6.45) is 1.37. The third-order valence-electron chi connectivity index (χ3n) is 2.58. The van der Waals surface area contributed by atoms with Crippen LogP contribution in [0.5, 0.6) is 0 Å². The van der Waals surface area contributed by atoms with Crippen LogP contribution in [0.2, 0.25) is 0 Å². The number of nitrogens with one attached hydrogen (secondary N) is 2. The Kier molecular flexibility index (Phi) is 1.81. The Labute approximate surface area is 72.2 Å². The molecule has 4 rings (SSSR count). The first-order valence-corrected chi connectivity index (χ1v) is 3.95. The summed E-state index contributed by atoms with van der Waals surface area (Å²) in [6, 6.07) is 0.716. The Morgan fingerprint density at radius 3 is 2.73 bits per heavy atom. The van der Waals surface area contributed by atoms with Crippen LogP contribution in [0.4, 0.5) is 0 Å². The zero-order valence-corrected chi connectivity index (χ0v) is 7.10. The van der Waals surface area contributed by atoms with E-state index < -0.39 is 0 Å². The van der Waals surface area contributed by atoms with Crippen molar-refractivity contribution in [2.75, 3.05) is 19.6 Å². The van der Waals surface area contributed by atoms with Crippen molar-refractivity contribution < 1.29 is 0 Å². The van der Waals surface area contributed by atoms with Crippen molar-refractivity contribution in [2.24, 2.45) is 5.92 Å². The van der Waals surface area contributed by atoms with E-state index in [0.717, 1.165) is 5.92 Å². The monoisotopic (exact) mass is 176 g/mol. The molecule has 0 saturated carbocycles. The molecule has 5 heteroatoms. The van der Waals surface area contributed by atoms with Gasteiger partial charge in [0, 0.05) is 25.7 Å². The third-order valence-corrected chi connectivity index (χ3v) is 2.58. The summed E-state index contributed by atoms with van der Waals surface area (Å²) in [5.74, 6) is 0.904. The van der Waals surface area contributed by atoms with Crippen LogP contribution < -0.4 is 11.0 Å². The lowest BCUT2D eigenvalue weighted by atomic mass is 9.93. The Morgan fingerprint density at radius 2 is 2.09 bits per heavy atom. The molecule has 0 aliphatic carbocycles. The molecule has 4 aliphatic heterocycles. The number of hydrogen-bond donors (Lipinski definition) is 2.